The van der Waals surface area contributed by atoms with Gasteiger partial charge in [0, 0.05) is 30.8 Å². The summed E-state index contributed by atoms with van der Waals surface area (Å²) in [4.78, 5) is 32.8. The molecule has 2 unspecified atom stereocenters. The minimum Gasteiger partial charge on any atom is -0.425 e. The molecule has 0 saturated carbocycles. The molecule has 170 valence electrons. The Morgan fingerprint density at radius 2 is 1.93 bits per heavy atom. The molecule has 0 radical (unpaired) electrons. The van der Waals surface area contributed by atoms with Gasteiger partial charge in [-0.15, -0.1) is 11.3 Å². The Bertz CT molecular complexity index is 754. The highest BCUT2D eigenvalue weighted by Gasteiger charge is 2.36. The first-order chi connectivity index (χ1) is 13.8. The van der Waals surface area contributed by atoms with Crippen molar-refractivity contribution in [3.8, 4) is 0 Å². The van der Waals surface area contributed by atoms with Crippen LogP contribution in [0.15, 0.2) is 0 Å². The normalized spacial score (nSPS) is 17.8. The number of thiazole rings is 1. The molecule has 1 aliphatic carbocycles. The Morgan fingerprint density at radius 1 is 1.27 bits per heavy atom. The maximum atomic E-state index is 12.9. The molecule has 0 aromatic carbocycles. The highest BCUT2D eigenvalue weighted by Crippen LogP contribution is 2.34. The number of amides is 1. The van der Waals surface area contributed by atoms with Gasteiger partial charge in [0.05, 0.1) is 11.1 Å². The number of aryl methyl sites for hydroxylation is 1. The van der Waals surface area contributed by atoms with Gasteiger partial charge in [-0.25, -0.2) is 9.78 Å². The van der Waals surface area contributed by atoms with Gasteiger partial charge >= 0.3 is 12.1 Å². The predicted molar refractivity (Wildman–Crippen MR) is 119 cm³/mol. The van der Waals surface area contributed by atoms with Crippen molar-refractivity contribution in [3.05, 3.63) is 10.6 Å². The summed E-state index contributed by atoms with van der Waals surface area (Å²) >= 11 is 1.49. The lowest BCUT2D eigenvalue weighted by atomic mass is 9.76. The SMILES string of the molecule is CCCN(C(=O)OC(C)OC(=O)C(C)(C)CC(C)(C)C)C1CCc2nc(N)sc2C1. The van der Waals surface area contributed by atoms with Crippen molar-refractivity contribution in [1.82, 2.24) is 9.88 Å². The van der Waals surface area contributed by atoms with E-state index in [4.69, 9.17) is 15.2 Å². The van der Waals surface area contributed by atoms with E-state index in [2.05, 4.69) is 25.8 Å². The molecule has 1 aromatic heterocycles. The average molecular weight is 440 g/mol. The Kier molecular flexibility index (Phi) is 7.77. The highest BCUT2D eigenvalue weighted by atomic mass is 32.1. The third-order valence-electron chi connectivity index (χ3n) is 5.13. The maximum Gasteiger partial charge on any atom is 0.413 e. The van der Waals surface area contributed by atoms with E-state index in [9.17, 15) is 9.59 Å². The Hall–Kier alpha value is -1.83. The number of ether oxygens (including phenoxy) is 2. The molecule has 2 atom stereocenters. The van der Waals surface area contributed by atoms with Crippen molar-refractivity contribution in [2.45, 2.75) is 92.9 Å². The second-order valence-corrected chi connectivity index (χ2v) is 11.1. The molecule has 0 aliphatic heterocycles. The van der Waals surface area contributed by atoms with Crippen LogP contribution in [-0.2, 0) is 27.1 Å². The zero-order chi connectivity index (χ0) is 22.7. The number of esters is 1. The second-order valence-electron chi connectivity index (χ2n) is 9.99. The zero-order valence-electron chi connectivity index (χ0n) is 19.4. The van der Waals surface area contributed by atoms with Crippen LogP contribution in [0, 0.1) is 10.8 Å². The van der Waals surface area contributed by atoms with Crippen molar-refractivity contribution in [2.24, 2.45) is 10.8 Å². The smallest absolute Gasteiger partial charge is 0.413 e. The first-order valence-electron chi connectivity index (χ1n) is 10.7. The van der Waals surface area contributed by atoms with Crippen LogP contribution in [0.1, 0.15) is 78.3 Å². The minimum atomic E-state index is -0.943. The Labute approximate surface area is 184 Å². The number of nitrogens with zero attached hydrogens (tertiary/aromatic N) is 2. The van der Waals surface area contributed by atoms with Gasteiger partial charge in [0.15, 0.2) is 5.13 Å². The molecule has 0 saturated heterocycles. The fourth-order valence-corrected chi connectivity index (χ4v) is 5.20. The zero-order valence-corrected chi connectivity index (χ0v) is 20.2. The second kappa shape index (κ2) is 9.54. The monoisotopic (exact) mass is 439 g/mol. The van der Waals surface area contributed by atoms with Crippen LogP contribution in [0.2, 0.25) is 0 Å². The molecule has 1 amide bonds. The topological polar surface area (TPSA) is 94.8 Å². The van der Waals surface area contributed by atoms with E-state index in [1.54, 1.807) is 11.8 Å². The third kappa shape index (κ3) is 6.59. The van der Waals surface area contributed by atoms with Crippen molar-refractivity contribution in [3.63, 3.8) is 0 Å². The molecule has 0 spiro atoms. The van der Waals surface area contributed by atoms with E-state index >= 15 is 0 Å². The summed E-state index contributed by atoms with van der Waals surface area (Å²) in [6.07, 6.45) is 2.44. The van der Waals surface area contributed by atoms with E-state index in [-0.39, 0.29) is 17.4 Å². The molecule has 2 rings (SSSR count). The van der Waals surface area contributed by atoms with Crippen molar-refractivity contribution in [1.29, 1.82) is 0 Å². The third-order valence-corrected chi connectivity index (χ3v) is 6.08. The maximum absolute atomic E-state index is 12.9. The van der Waals surface area contributed by atoms with Crippen LogP contribution < -0.4 is 5.73 Å². The number of anilines is 1. The van der Waals surface area contributed by atoms with E-state index in [1.807, 2.05) is 20.8 Å². The lowest BCUT2D eigenvalue weighted by molar-refractivity contribution is -0.178. The van der Waals surface area contributed by atoms with Crippen LogP contribution >= 0.6 is 11.3 Å². The molecule has 0 bridgehead atoms. The number of nitrogens with two attached hydrogens (primary N) is 1. The predicted octanol–water partition coefficient (Wildman–Crippen LogP) is 4.78. The van der Waals surface area contributed by atoms with Crippen LogP contribution in [0.3, 0.4) is 0 Å². The summed E-state index contributed by atoms with van der Waals surface area (Å²) in [7, 11) is 0. The molecular weight excluding hydrogens is 402 g/mol. The van der Waals surface area contributed by atoms with Crippen molar-refractivity contribution in [2.75, 3.05) is 12.3 Å². The Balaban J connectivity index is 1.98. The summed E-state index contributed by atoms with van der Waals surface area (Å²) in [6, 6.07) is 0.0324. The number of carbonyl (C=O) groups is 2. The summed E-state index contributed by atoms with van der Waals surface area (Å²) in [5.41, 5.74) is 6.21. The lowest BCUT2D eigenvalue weighted by Crippen LogP contribution is -2.45. The van der Waals surface area contributed by atoms with Crippen LogP contribution in [0.5, 0.6) is 0 Å². The summed E-state index contributed by atoms with van der Waals surface area (Å²) in [5, 5.41) is 0.573. The molecule has 7 nitrogen and oxygen atoms in total. The number of aromatic nitrogens is 1. The number of hydrogen-bond acceptors (Lipinski definition) is 7. The molecule has 30 heavy (non-hydrogen) atoms. The van der Waals surface area contributed by atoms with E-state index < -0.39 is 17.8 Å². The summed E-state index contributed by atoms with van der Waals surface area (Å²) in [5.74, 6) is -0.359. The fraction of sp³-hybridized carbons (Fsp3) is 0.773. The molecule has 2 N–H and O–H groups in total. The number of rotatable bonds is 7. The number of carbonyl (C=O) groups excluding carboxylic acids is 2. The number of nitrogen functional groups attached to an aromatic ring is 1. The quantitative estimate of drug-likeness (QED) is 0.485. The van der Waals surface area contributed by atoms with Gasteiger partial charge in [0.2, 0.25) is 6.29 Å². The van der Waals surface area contributed by atoms with Gasteiger partial charge in [-0.3, -0.25) is 4.79 Å². The molecule has 8 heteroatoms. The van der Waals surface area contributed by atoms with Crippen LogP contribution in [0.25, 0.3) is 0 Å². The number of fused-ring (bicyclic) bond motifs is 1. The Morgan fingerprint density at radius 3 is 2.53 bits per heavy atom. The van der Waals surface area contributed by atoms with Crippen molar-refractivity contribution >= 4 is 28.5 Å². The van der Waals surface area contributed by atoms with Crippen LogP contribution in [0.4, 0.5) is 9.93 Å². The van der Waals surface area contributed by atoms with Crippen molar-refractivity contribution < 1.29 is 19.1 Å². The average Bonchev–Trinajstić information content (AvgIpc) is 2.96. The largest absolute Gasteiger partial charge is 0.425 e. The lowest BCUT2D eigenvalue weighted by Gasteiger charge is -2.34. The molecule has 0 fully saturated rings. The van der Waals surface area contributed by atoms with Gasteiger partial charge in [-0.05, 0) is 44.9 Å². The van der Waals surface area contributed by atoms with Crippen LogP contribution in [-0.4, -0.2) is 40.8 Å². The first-order valence-corrected chi connectivity index (χ1v) is 11.6. The molecule has 1 aromatic rings. The van der Waals surface area contributed by atoms with Gasteiger partial charge in [0.1, 0.15) is 0 Å². The van der Waals surface area contributed by atoms with E-state index in [0.717, 1.165) is 36.3 Å². The highest BCUT2D eigenvalue weighted by molar-refractivity contribution is 7.15. The van der Waals surface area contributed by atoms with Gasteiger partial charge in [-0.2, -0.15) is 0 Å². The van der Waals surface area contributed by atoms with E-state index in [0.29, 0.717) is 18.1 Å². The summed E-state index contributed by atoms with van der Waals surface area (Å²) < 4.78 is 11.0. The first kappa shape index (κ1) is 24.4. The van der Waals surface area contributed by atoms with Gasteiger partial charge in [0.25, 0.3) is 0 Å². The van der Waals surface area contributed by atoms with E-state index in [1.165, 1.54) is 11.3 Å². The molecule has 1 heterocycles. The standard InChI is InChI=1S/C22H37N3O4S/c1-8-11-25(15-9-10-16-17(12-15)30-19(23)24-16)20(27)29-14(2)28-18(26)22(6,7)13-21(3,4)5/h14-15H,8-13H2,1-7H3,(H2,23,24). The van der Waals surface area contributed by atoms with Gasteiger partial charge in [-0.1, -0.05) is 27.7 Å². The minimum absolute atomic E-state index is 0.0137. The number of hydrogen-bond donors (Lipinski definition) is 1. The molecule has 1 aliphatic rings. The fourth-order valence-electron chi connectivity index (χ4n) is 4.25. The molecular formula is C22H37N3O4S. The summed E-state index contributed by atoms with van der Waals surface area (Å²) in [6.45, 7) is 14.2. The van der Waals surface area contributed by atoms with Gasteiger partial charge < -0.3 is 20.1 Å².